The summed E-state index contributed by atoms with van der Waals surface area (Å²) in [6, 6.07) is 11.0. The number of benzene rings is 2. The molecule has 0 bridgehead atoms. The molecular formula is C17H17N3O5. The number of anilines is 2. The van der Waals surface area contributed by atoms with E-state index in [-0.39, 0.29) is 29.7 Å². The Kier molecular flexibility index (Phi) is 5.67. The first-order valence-corrected chi connectivity index (χ1v) is 7.38. The quantitative estimate of drug-likeness (QED) is 0.619. The summed E-state index contributed by atoms with van der Waals surface area (Å²) < 4.78 is 4.92. The Hall–Kier alpha value is -3.42. The Morgan fingerprint density at radius 3 is 2.28 bits per heavy atom. The van der Waals surface area contributed by atoms with Crippen molar-refractivity contribution in [2.24, 2.45) is 0 Å². The van der Waals surface area contributed by atoms with Crippen molar-refractivity contribution in [3.63, 3.8) is 0 Å². The second-order valence-electron chi connectivity index (χ2n) is 5.25. The standard InChI is InChI=1S/C17H17N3O5/c1-11(21)18-13-5-3-12(4-6-13)9-17(22)19-14-7-8-16(25-2)15(10-14)20(23)24/h3-8,10H,9H2,1-2H3,(H,18,21)(H,19,22). The second kappa shape index (κ2) is 7.91. The molecule has 0 aliphatic rings. The van der Waals surface area contributed by atoms with E-state index in [1.807, 2.05) is 0 Å². The lowest BCUT2D eigenvalue weighted by Crippen LogP contribution is -2.14. The molecule has 25 heavy (non-hydrogen) atoms. The maximum atomic E-state index is 12.1. The summed E-state index contributed by atoms with van der Waals surface area (Å²) >= 11 is 0. The molecule has 0 aromatic heterocycles. The van der Waals surface area contributed by atoms with Gasteiger partial charge in [0.05, 0.1) is 18.5 Å². The van der Waals surface area contributed by atoms with E-state index in [0.717, 1.165) is 5.56 Å². The topological polar surface area (TPSA) is 111 Å². The van der Waals surface area contributed by atoms with Crippen molar-refractivity contribution in [1.29, 1.82) is 0 Å². The first-order valence-electron chi connectivity index (χ1n) is 7.38. The molecule has 2 N–H and O–H groups in total. The molecule has 0 heterocycles. The lowest BCUT2D eigenvalue weighted by atomic mass is 10.1. The van der Waals surface area contributed by atoms with Crippen LogP contribution >= 0.6 is 0 Å². The fourth-order valence-electron chi connectivity index (χ4n) is 2.21. The van der Waals surface area contributed by atoms with Gasteiger partial charge in [0.15, 0.2) is 5.75 Å². The van der Waals surface area contributed by atoms with Gasteiger partial charge < -0.3 is 15.4 Å². The van der Waals surface area contributed by atoms with Crippen LogP contribution in [-0.4, -0.2) is 23.8 Å². The monoisotopic (exact) mass is 343 g/mol. The number of hydrogen-bond acceptors (Lipinski definition) is 5. The lowest BCUT2D eigenvalue weighted by molar-refractivity contribution is -0.385. The molecule has 8 heteroatoms. The first kappa shape index (κ1) is 17.9. The molecule has 0 radical (unpaired) electrons. The predicted octanol–water partition coefficient (Wildman–Crippen LogP) is 2.74. The van der Waals surface area contributed by atoms with Crippen molar-refractivity contribution in [3.8, 4) is 5.75 Å². The van der Waals surface area contributed by atoms with Crippen LogP contribution in [0.5, 0.6) is 5.75 Å². The van der Waals surface area contributed by atoms with Gasteiger partial charge in [0, 0.05) is 24.4 Å². The Morgan fingerprint density at radius 2 is 1.72 bits per heavy atom. The van der Waals surface area contributed by atoms with E-state index in [1.54, 1.807) is 24.3 Å². The highest BCUT2D eigenvalue weighted by Gasteiger charge is 2.16. The highest BCUT2D eigenvalue weighted by molar-refractivity contribution is 5.93. The molecule has 130 valence electrons. The molecule has 2 aromatic carbocycles. The van der Waals surface area contributed by atoms with Gasteiger partial charge in [-0.2, -0.15) is 0 Å². The fourth-order valence-corrected chi connectivity index (χ4v) is 2.21. The lowest BCUT2D eigenvalue weighted by Gasteiger charge is -2.08. The summed E-state index contributed by atoms with van der Waals surface area (Å²) in [4.78, 5) is 33.5. The zero-order valence-electron chi connectivity index (χ0n) is 13.7. The predicted molar refractivity (Wildman–Crippen MR) is 92.7 cm³/mol. The molecular weight excluding hydrogens is 326 g/mol. The van der Waals surface area contributed by atoms with E-state index >= 15 is 0 Å². The van der Waals surface area contributed by atoms with Crippen LogP contribution in [0.2, 0.25) is 0 Å². The molecule has 0 aliphatic heterocycles. The van der Waals surface area contributed by atoms with Crippen LogP contribution in [0.4, 0.5) is 17.1 Å². The number of nitrogens with one attached hydrogen (secondary N) is 2. The number of hydrogen-bond donors (Lipinski definition) is 2. The third kappa shape index (κ3) is 5.03. The minimum absolute atomic E-state index is 0.0974. The van der Waals surface area contributed by atoms with Crippen molar-refractivity contribution in [2.75, 3.05) is 17.7 Å². The van der Waals surface area contributed by atoms with Gasteiger partial charge in [-0.15, -0.1) is 0 Å². The number of carbonyl (C=O) groups excluding carboxylic acids is 2. The Morgan fingerprint density at radius 1 is 1.08 bits per heavy atom. The van der Waals surface area contributed by atoms with Crippen molar-refractivity contribution in [1.82, 2.24) is 0 Å². The van der Waals surface area contributed by atoms with Gasteiger partial charge in [-0.05, 0) is 29.8 Å². The second-order valence-corrected chi connectivity index (χ2v) is 5.25. The summed E-state index contributed by atoms with van der Waals surface area (Å²) in [6.45, 7) is 1.41. The summed E-state index contributed by atoms with van der Waals surface area (Å²) in [7, 11) is 1.34. The minimum atomic E-state index is -0.574. The van der Waals surface area contributed by atoms with Crippen LogP contribution in [-0.2, 0) is 16.0 Å². The van der Waals surface area contributed by atoms with Crippen molar-refractivity contribution in [2.45, 2.75) is 13.3 Å². The highest BCUT2D eigenvalue weighted by Crippen LogP contribution is 2.29. The summed E-state index contributed by atoms with van der Waals surface area (Å²) in [5.74, 6) is -0.366. The van der Waals surface area contributed by atoms with Gasteiger partial charge >= 0.3 is 5.69 Å². The number of nitro benzene ring substituents is 1. The molecule has 0 atom stereocenters. The highest BCUT2D eigenvalue weighted by atomic mass is 16.6. The number of nitro groups is 1. The maximum absolute atomic E-state index is 12.1. The summed E-state index contributed by atoms with van der Waals surface area (Å²) in [5, 5.41) is 16.3. The third-order valence-electron chi connectivity index (χ3n) is 3.30. The zero-order valence-corrected chi connectivity index (χ0v) is 13.7. The van der Waals surface area contributed by atoms with Gasteiger partial charge in [-0.1, -0.05) is 12.1 Å². The van der Waals surface area contributed by atoms with Crippen LogP contribution in [0.15, 0.2) is 42.5 Å². The molecule has 0 fully saturated rings. The molecule has 2 amide bonds. The number of rotatable bonds is 6. The van der Waals surface area contributed by atoms with Crippen LogP contribution in [0, 0.1) is 10.1 Å². The Bertz CT molecular complexity index is 802. The number of nitrogens with zero attached hydrogens (tertiary/aromatic N) is 1. The zero-order chi connectivity index (χ0) is 18.4. The average Bonchev–Trinajstić information content (AvgIpc) is 2.56. The molecule has 0 saturated carbocycles. The van der Waals surface area contributed by atoms with E-state index in [0.29, 0.717) is 11.4 Å². The van der Waals surface area contributed by atoms with Gasteiger partial charge in [0.2, 0.25) is 11.8 Å². The SMILES string of the molecule is COc1ccc(NC(=O)Cc2ccc(NC(C)=O)cc2)cc1[N+](=O)[O-]. The Labute approximate surface area is 144 Å². The van der Waals surface area contributed by atoms with E-state index < -0.39 is 4.92 Å². The van der Waals surface area contributed by atoms with E-state index in [9.17, 15) is 19.7 Å². The van der Waals surface area contributed by atoms with Crippen LogP contribution in [0.1, 0.15) is 12.5 Å². The smallest absolute Gasteiger partial charge is 0.312 e. The van der Waals surface area contributed by atoms with Gasteiger partial charge in [0.1, 0.15) is 0 Å². The normalized spacial score (nSPS) is 10.0. The van der Waals surface area contributed by atoms with Crippen molar-refractivity contribution in [3.05, 3.63) is 58.1 Å². The maximum Gasteiger partial charge on any atom is 0.312 e. The minimum Gasteiger partial charge on any atom is -0.490 e. The molecule has 0 saturated heterocycles. The molecule has 0 aliphatic carbocycles. The van der Waals surface area contributed by atoms with Gasteiger partial charge in [-0.3, -0.25) is 19.7 Å². The van der Waals surface area contributed by atoms with Gasteiger partial charge in [0.25, 0.3) is 0 Å². The number of carbonyl (C=O) groups is 2. The van der Waals surface area contributed by atoms with Crippen molar-refractivity contribution < 1.29 is 19.2 Å². The summed E-state index contributed by atoms with van der Waals surface area (Å²) in [6.07, 6.45) is 0.0974. The molecule has 0 unspecified atom stereocenters. The molecule has 2 rings (SSSR count). The average molecular weight is 343 g/mol. The number of amides is 2. The van der Waals surface area contributed by atoms with Crippen LogP contribution in [0.3, 0.4) is 0 Å². The summed E-state index contributed by atoms with van der Waals surface area (Å²) in [5.41, 5.74) is 1.48. The number of ether oxygens (including phenoxy) is 1. The third-order valence-corrected chi connectivity index (χ3v) is 3.30. The molecule has 8 nitrogen and oxygen atoms in total. The van der Waals surface area contributed by atoms with Gasteiger partial charge in [-0.25, -0.2) is 0 Å². The van der Waals surface area contributed by atoms with E-state index in [2.05, 4.69) is 10.6 Å². The Balaban J connectivity index is 2.03. The first-order chi connectivity index (χ1) is 11.9. The van der Waals surface area contributed by atoms with E-state index in [1.165, 1.54) is 32.2 Å². The van der Waals surface area contributed by atoms with Crippen LogP contribution < -0.4 is 15.4 Å². The van der Waals surface area contributed by atoms with Crippen molar-refractivity contribution >= 4 is 28.9 Å². The fraction of sp³-hybridized carbons (Fsp3) is 0.176. The largest absolute Gasteiger partial charge is 0.490 e. The van der Waals surface area contributed by atoms with Crippen LogP contribution in [0.25, 0.3) is 0 Å². The molecule has 2 aromatic rings. The van der Waals surface area contributed by atoms with E-state index in [4.69, 9.17) is 4.74 Å². The number of methoxy groups -OCH3 is 1. The molecule has 0 spiro atoms.